The Morgan fingerprint density at radius 3 is 2.33 bits per heavy atom. The lowest BCUT2D eigenvalue weighted by atomic mass is 10.2. The molecule has 0 amide bonds. The van der Waals surface area contributed by atoms with Crippen LogP contribution in [0.4, 0.5) is 23.2 Å². The maximum Gasteiger partial charge on any atom is 0.416 e. The van der Waals surface area contributed by atoms with Gasteiger partial charge in [0.05, 0.1) is 5.56 Å². The van der Waals surface area contributed by atoms with Crippen LogP contribution in [0.5, 0.6) is 0 Å². The molecule has 15 heavy (non-hydrogen) atoms. The van der Waals surface area contributed by atoms with Gasteiger partial charge in [0.1, 0.15) is 16.8 Å². The summed E-state index contributed by atoms with van der Waals surface area (Å²) in [6, 6.07) is 1.92. The zero-order valence-electron chi connectivity index (χ0n) is 7.56. The highest BCUT2D eigenvalue weighted by atomic mass is 32.2. The molecule has 1 rings (SSSR count). The molecule has 0 aromatic heterocycles. The minimum absolute atomic E-state index is 0.164. The molecule has 1 aromatic carbocycles. The predicted molar refractivity (Wildman–Crippen MR) is 49.1 cm³/mol. The van der Waals surface area contributed by atoms with E-state index in [0.29, 0.717) is 12.1 Å². The standard InChI is InChI=1S/C8H7F4NOS/c1-15(14)13-7-3-5(8(10,11)12)2-6(9)4-7/h2-4,13H,1H3. The fourth-order valence-corrected chi connectivity index (χ4v) is 1.43. The van der Waals surface area contributed by atoms with E-state index in [2.05, 4.69) is 4.72 Å². The summed E-state index contributed by atoms with van der Waals surface area (Å²) in [5.74, 6) is -1.03. The lowest BCUT2D eigenvalue weighted by molar-refractivity contribution is -0.137. The molecular weight excluding hydrogens is 234 g/mol. The first-order valence-corrected chi connectivity index (χ1v) is 5.33. The van der Waals surface area contributed by atoms with E-state index >= 15 is 0 Å². The van der Waals surface area contributed by atoms with Crippen LogP contribution in [0.1, 0.15) is 5.56 Å². The molecule has 7 heteroatoms. The van der Waals surface area contributed by atoms with Gasteiger partial charge in [-0.15, -0.1) is 0 Å². The van der Waals surface area contributed by atoms with E-state index in [0.717, 1.165) is 6.07 Å². The summed E-state index contributed by atoms with van der Waals surface area (Å²) >= 11 is 0. The van der Waals surface area contributed by atoms with E-state index < -0.39 is 28.5 Å². The van der Waals surface area contributed by atoms with Crippen LogP contribution in [-0.2, 0) is 17.2 Å². The number of halogens is 4. The third-order valence-electron chi connectivity index (χ3n) is 1.49. The maximum absolute atomic E-state index is 12.8. The minimum Gasteiger partial charge on any atom is -0.305 e. The van der Waals surface area contributed by atoms with Crippen molar-refractivity contribution in [1.29, 1.82) is 0 Å². The monoisotopic (exact) mass is 241 g/mol. The third-order valence-corrected chi connectivity index (χ3v) is 2.01. The van der Waals surface area contributed by atoms with Crippen LogP contribution in [0.3, 0.4) is 0 Å². The van der Waals surface area contributed by atoms with Crippen molar-refractivity contribution in [1.82, 2.24) is 0 Å². The molecular formula is C8H7F4NOS. The summed E-state index contributed by atoms with van der Waals surface area (Å²) in [4.78, 5) is 0. The van der Waals surface area contributed by atoms with Crippen molar-refractivity contribution in [2.24, 2.45) is 0 Å². The van der Waals surface area contributed by atoms with Gasteiger partial charge < -0.3 is 4.72 Å². The minimum atomic E-state index is -4.62. The van der Waals surface area contributed by atoms with Crippen LogP contribution in [0.25, 0.3) is 0 Å². The van der Waals surface area contributed by atoms with E-state index in [1.54, 1.807) is 0 Å². The van der Waals surface area contributed by atoms with Gasteiger partial charge in [0, 0.05) is 11.9 Å². The highest BCUT2D eigenvalue weighted by Gasteiger charge is 2.31. The highest BCUT2D eigenvalue weighted by molar-refractivity contribution is 7.85. The molecule has 0 radical (unpaired) electrons. The Bertz CT molecular complexity index is 391. The van der Waals surface area contributed by atoms with Gasteiger partial charge in [-0.2, -0.15) is 13.2 Å². The second-order valence-corrected chi connectivity index (χ2v) is 3.89. The molecule has 0 saturated carbocycles. The molecule has 0 bridgehead atoms. The van der Waals surface area contributed by atoms with Crippen LogP contribution >= 0.6 is 0 Å². The Balaban J connectivity index is 3.11. The van der Waals surface area contributed by atoms with Crippen molar-refractivity contribution in [3.05, 3.63) is 29.6 Å². The molecule has 84 valence electrons. The fourth-order valence-electron chi connectivity index (χ4n) is 0.978. The van der Waals surface area contributed by atoms with Crippen molar-refractivity contribution < 1.29 is 21.8 Å². The number of alkyl halides is 3. The molecule has 2 nitrogen and oxygen atoms in total. The van der Waals surface area contributed by atoms with Crippen molar-refractivity contribution in [2.75, 3.05) is 11.0 Å². The van der Waals surface area contributed by atoms with Crippen LogP contribution in [0.15, 0.2) is 18.2 Å². The van der Waals surface area contributed by atoms with E-state index in [9.17, 15) is 21.8 Å². The van der Waals surface area contributed by atoms with Crippen LogP contribution in [0, 0.1) is 5.82 Å². The van der Waals surface area contributed by atoms with E-state index in [4.69, 9.17) is 0 Å². The first kappa shape index (κ1) is 12.0. The number of rotatable bonds is 2. The summed E-state index contributed by atoms with van der Waals surface area (Å²) < 4.78 is 62.3. The lowest BCUT2D eigenvalue weighted by Gasteiger charge is -2.09. The molecule has 1 unspecified atom stereocenters. The van der Waals surface area contributed by atoms with Crippen LogP contribution in [0.2, 0.25) is 0 Å². The fraction of sp³-hybridized carbons (Fsp3) is 0.250. The number of anilines is 1. The topological polar surface area (TPSA) is 29.1 Å². The second-order valence-electron chi connectivity index (χ2n) is 2.78. The number of benzene rings is 1. The number of nitrogens with one attached hydrogen (secondary N) is 1. The van der Waals surface area contributed by atoms with Gasteiger partial charge in [0.2, 0.25) is 0 Å². The SMILES string of the molecule is CS(=O)Nc1cc(F)cc(C(F)(F)F)c1. The van der Waals surface area contributed by atoms with Gasteiger partial charge in [0.15, 0.2) is 0 Å². The molecule has 0 aliphatic rings. The predicted octanol–water partition coefficient (Wildman–Crippen LogP) is 2.55. The zero-order chi connectivity index (χ0) is 11.6. The van der Waals surface area contributed by atoms with E-state index in [1.165, 1.54) is 6.26 Å². The molecule has 0 heterocycles. The molecule has 1 atom stereocenters. The summed E-state index contributed by atoms with van der Waals surface area (Å²) in [6.07, 6.45) is -3.38. The number of hydrogen-bond acceptors (Lipinski definition) is 1. The zero-order valence-corrected chi connectivity index (χ0v) is 8.38. The Hall–Kier alpha value is -1.11. The summed E-state index contributed by atoms with van der Waals surface area (Å²) in [6.45, 7) is 0. The molecule has 0 spiro atoms. The lowest BCUT2D eigenvalue weighted by Crippen LogP contribution is -2.08. The van der Waals surface area contributed by atoms with Crippen LogP contribution in [-0.4, -0.2) is 10.5 Å². The summed E-state index contributed by atoms with van der Waals surface area (Å²) in [7, 11) is -1.54. The summed E-state index contributed by atoms with van der Waals surface area (Å²) in [5, 5.41) is 0. The third kappa shape index (κ3) is 3.50. The Morgan fingerprint density at radius 1 is 1.27 bits per heavy atom. The molecule has 0 fully saturated rings. The first-order chi connectivity index (χ1) is 6.79. The summed E-state index contributed by atoms with van der Waals surface area (Å²) in [5.41, 5.74) is -1.28. The largest absolute Gasteiger partial charge is 0.416 e. The average molecular weight is 241 g/mol. The Labute approximate surface area is 85.9 Å². The van der Waals surface area contributed by atoms with E-state index in [1.807, 2.05) is 0 Å². The van der Waals surface area contributed by atoms with Gasteiger partial charge in [-0.1, -0.05) is 0 Å². The van der Waals surface area contributed by atoms with Gasteiger partial charge in [-0.25, -0.2) is 8.60 Å². The first-order valence-electron chi connectivity index (χ1n) is 3.77. The molecule has 0 aliphatic carbocycles. The molecule has 0 saturated heterocycles. The smallest absolute Gasteiger partial charge is 0.305 e. The molecule has 0 aliphatic heterocycles. The highest BCUT2D eigenvalue weighted by Crippen LogP contribution is 2.31. The van der Waals surface area contributed by atoms with Gasteiger partial charge in [-0.3, -0.25) is 0 Å². The Morgan fingerprint density at radius 2 is 1.87 bits per heavy atom. The van der Waals surface area contributed by atoms with Gasteiger partial charge in [0.25, 0.3) is 0 Å². The average Bonchev–Trinajstić information content (AvgIpc) is 1.99. The van der Waals surface area contributed by atoms with Crippen molar-refractivity contribution in [2.45, 2.75) is 6.18 Å². The molecule has 1 N–H and O–H groups in total. The molecule has 1 aromatic rings. The quantitative estimate of drug-likeness (QED) is 0.792. The van der Waals surface area contributed by atoms with Gasteiger partial charge in [-0.05, 0) is 18.2 Å². The van der Waals surface area contributed by atoms with Crippen molar-refractivity contribution in [3.8, 4) is 0 Å². The number of hydrogen-bond donors (Lipinski definition) is 1. The van der Waals surface area contributed by atoms with Crippen LogP contribution < -0.4 is 4.72 Å². The second kappa shape index (κ2) is 4.18. The van der Waals surface area contributed by atoms with Gasteiger partial charge >= 0.3 is 6.18 Å². The Kier molecular flexibility index (Phi) is 3.33. The normalized spacial score (nSPS) is 13.7. The van der Waals surface area contributed by atoms with Crippen molar-refractivity contribution in [3.63, 3.8) is 0 Å². The maximum atomic E-state index is 12.8. The van der Waals surface area contributed by atoms with E-state index in [-0.39, 0.29) is 5.69 Å². The van der Waals surface area contributed by atoms with Crippen molar-refractivity contribution >= 4 is 16.7 Å².